The molecule has 0 aromatic carbocycles. The minimum Gasteiger partial charge on any atom is -0.481 e. The second kappa shape index (κ2) is 5.90. The van der Waals surface area contributed by atoms with Crippen molar-refractivity contribution >= 4 is 11.9 Å². The minimum atomic E-state index is -0.881. The maximum Gasteiger partial charge on any atom is 0.307 e. The van der Waals surface area contributed by atoms with Gasteiger partial charge in [-0.2, -0.15) is 0 Å². The van der Waals surface area contributed by atoms with Crippen LogP contribution in [0, 0.1) is 17.8 Å². The Bertz CT molecular complexity index is 357. The Morgan fingerprint density at radius 3 is 2.37 bits per heavy atom. The summed E-state index contributed by atoms with van der Waals surface area (Å²) in [5.74, 6) is -1.82. The Hall–Kier alpha value is -1.10. The van der Waals surface area contributed by atoms with Crippen molar-refractivity contribution in [2.75, 3.05) is 0 Å². The number of carboxylic acid groups (broad SMARTS) is 1. The standard InChI is InChI=1S/C14H23NO4/c1-8-6-9(10(7-8)14(18)19)13(17)15-11-4-2-3-5-12(11)16/h8-12,16H,2-7H2,1H3,(H,15,17)(H,18,19)/t8?,9-,10+,11+,12+/m0/s1. The van der Waals surface area contributed by atoms with Gasteiger partial charge in [0, 0.05) is 0 Å². The summed E-state index contributed by atoms with van der Waals surface area (Å²) in [7, 11) is 0. The normalized spacial score (nSPS) is 38.9. The zero-order valence-electron chi connectivity index (χ0n) is 11.3. The molecule has 0 heterocycles. The van der Waals surface area contributed by atoms with Crippen molar-refractivity contribution in [2.45, 2.75) is 57.6 Å². The minimum absolute atomic E-state index is 0.192. The number of hydrogen-bond donors (Lipinski definition) is 3. The molecule has 5 heteroatoms. The Balaban J connectivity index is 1.96. The molecule has 0 aromatic heterocycles. The Morgan fingerprint density at radius 2 is 1.74 bits per heavy atom. The fraction of sp³-hybridized carbons (Fsp3) is 0.857. The van der Waals surface area contributed by atoms with Crippen LogP contribution in [0.2, 0.25) is 0 Å². The summed E-state index contributed by atoms with van der Waals surface area (Å²) in [6, 6.07) is -0.202. The van der Waals surface area contributed by atoms with Gasteiger partial charge in [0.1, 0.15) is 0 Å². The van der Waals surface area contributed by atoms with Gasteiger partial charge in [0.15, 0.2) is 0 Å². The number of aliphatic carboxylic acids is 1. The summed E-state index contributed by atoms with van der Waals surface area (Å²) in [5, 5.41) is 21.9. The first-order chi connectivity index (χ1) is 8.99. The van der Waals surface area contributed by atoms with Crippen LogP contribution in [-0.2, 0) is 9.59 Å². The number of amides is 1. The number of carbonyl (C=O) groups is 2. The monoisotopic (exact) mass is 269 g/mol. The number of hydrogen-bond acceptors (Lipinski definition) is 3. The average Bonchev–Trinajstić information content (AvgIpc) is 2.74. The van der Waals surface area contributed by atoms with Crippen LogP contribution in [0.4, 0.5) is 0 Å². The molecule has 19 heavy (non-hydrogen) atoms. The summed E-state index contributed by atoms with van der Waals surface area (Å²) < 4.78 is 0. The third-order valence-corrected chi connectivity index (χ3v) is 4.51. The molecule has 5 atom stereocenters. The van der Waals surface area contributed by atoms with E-state index >= 15 is 0 Å². The number of aliphatic hydroxyl groups excluding tert-OH is 1. The van der Waals surface area contributed by atoms with Gasteiger partial charge in [-0.3, -0.25) is 9.59 Å². The fourth-order valence-corrected chi connectivity index (χ4v) is 3.42. The van der Waals surface area contributed by atoms with E-state index in [2.05, 4.69) is 5.32 Å². The predicted molar refractivity (Wildman–Crippen MR) is 69.4 cm³/mol. The predicted octanol–water partition coefficient (Wildman–Crippen LogP) is 1.15. The van der Waals surface area contributed by atoms with Gasteiger partial charge in [0.05, 0.1) is 24.0 Å². The maximum atomic E-state index is 12.2. The molecule has 0 saturated heterocycles. The molecule has 5 nitrogen and oxygen atoms in total. The van der Waals surface area contributed by atoms with Gasteiger partial charge < -0.3 is 15.5 Å². The molecular weight excluding hydrogens is 246 g/mol. The SMILES string of the molecule is CC1C[C@H](C(=O)N[C@@H]2CCCC[C@H]2O)[C@H](C(=O)O)C1. The fourth-order valence-electron chi connectivity index (χ4n) is 3.42. The van der Waals surface area contributed by atoms with Crippen LogP contribution in [0.3, 0.4) is 0 Å². The smallest absolute Gasteiger partial charge is 0.307 e. The van der Waals surface area contributed by atoms with E-state index in [1.165, 1.54) is 0 Å². The second-order valence-corrected chi connectivity index (χ2v) is 6.09. The molecule has 0 bridgehead atoms. The van der Waals surface area contributed by atoms with Gasteiger partial charge in [0.25, 0.3) is 0 Å². The first-order valence-corrected chi connectivity index (χ1v) is 7.20. The van der Waals surface area contributed by atoms with E-state index in [-0.39, 0.29) is 17.9 Å². The molecule has 1 amide bonds. The molecule has 0 radical (unpaired) electrons. The quantitative estimate of drug-likeness (QED) is 0.717. The van der Waals surface area contributed by atoms with E-state index in [9.17, 15) is 19.8 Å². The molecule has 3 N–H and O–H groups in total. The van der Waals surface area contributed by atoms with Crippen LogP contribution in [-0.4, -0.2) is 34.2 Å². The van der Waals surface area contributed by atoms with E-state index in [0.717, 1.165) is 19.3 Å². The summed E-state index contributed by atoms with van der Waals surface area (Å²) >= 11 is 0. The molecule has 2 saturated carbocycles. The topological polar surface area (TPSA) is 86.6 Å². The molecule has 2 fully saturated rings. The van der Waals surface area contributed by atoms with Gasteiger partial charge in [-0.05, 0) is 31.6 Å². The van der Waals surface area contributed by atoms with Crippen LogP contribution in [0.25, 0.3) is 0 Å². The van der Waals surface area contributed by atoms with Gasteiger partial charge in [0.2, 0.25) is 5.91 Å². The number of nitrogens with one attached hydrogen (secondary N) is 1. The maximum absolute atomic E-state index is 12.2. The van der Waals surface area contributed by atoms with Gasteiger partial charge in [-0.25, -0.2) is 0 Å². The first-order valence-electron chi connectivity index (χ1n) is 7.20. The summed E-state index contributed by atoms with van der Waals surface area (Å²) in [6.07, 6.45) is 4.21. The van der Waals surface area contributed by atoms with E-state index in [1.54, 1.807) is 0 Å². The lowest BCUT2D eigenvalue weighted by Crippen LogP contribution is -2.48. The third-order valence-electron chi connectivity index (χ3n) is 4.51. The Labute approximate surface area is 113 Å². The second-order valence-electron chi connectivity index (χ2n) is 6.09. The van der Waals surface area contributed by atoms with Crippen molar-refractivity contribution in [2.24, 2.45) is 17.8 Å². The lowest BCUT2D eigenvalue weighted by atomic mass is 9.90. The van der Waals surface area contributed by atoms with Crippen molar-refractivity contribution < 1.29 is 19.8 Å². The molecule has 0 spiro atoms. The summed E-state index contributed by atoms with van der Waals surface area (Å²) in [4.78, 5) is 23.4. The highest BCUT2D eigenvalue weighted by Crippen LogP contribution is 2.36. The summed E-state index contributed by atoms with van der Waals surface area (Å²) in [6.45, 7) is 1.98. The highest BCUT2D eigenvalue weighted by Gasteiger charge is 2.42. The molecule has 1 unspecified atom stereocenters. The lowest BCUT2D eigenvalue weighted by Gasteiger charge is -2.29. The van der Waals surface area contributed by atoms with Crippen molar-refractivity contribution in [3.8, 4) is 0 Å². The third kappa shape index (κ3) is 3.26. The van der Waals surface area contributed by atoms with Gasteiger partial charge in [-0.1, -0.05) is 19.8 Å². The van der Waals surface area contributed by atoms with Crippen LogP contribution in [0.5, 0.6) is 0 Å². The first kappa shape index (κ1) is 14.3. The number of carboxylic acids is 1. The lowest BCUT2D eigenvalue weighted by molar-refractivity contribution is -0.146. The number of rotatable bonds is 3. The van der Waals surface area contributed by atoms with E-state index < -0.39 is 23.9 Å². The zero-order valence-corrected chi connectivity index (χ0v) is 11.3. The Morgan fingerprint density at radius 1 is 1.11 bits per heavy atom. The van der Waals surface area contributed by atoms with Crippen molar-refractivity contribution in [3.05, 3.63) is 0 Å². The number of aliphatic hydroxyl groups is 1. The van der Waals surface area contributed by atoms with Crippen LogP contribution in [0.1, 0.15) is 45.4 Å². The van der Waals surface area contributed by atoms with Gasteiger partial charge >= 0.3 is 5.97 Å². The van der Waals surface area contributed by atoms with Crippen LogP contribution >= 0.6 is 0 Å². The molecule has 2 rings (SSSR count). The number of carbonyl (C=O) groups excluding carboxylic acids is 1. The van der Waals surface area contributed by atoms with Crippen LogP contribution < -0.4 is 5.32 Å². The van der Waals surface area contributed by atoms with Crippen molar-refractivity contribution in [3.63, 3.8) is 0 Å². The highest BCUT2D eigenvalue weighted by molar-refractivity contribution is 5.85. The molecule has 2 aliphatic carbocycles. The van der Waals surface area contributed by atoms with E-state index in [1.807, 2.05) is 6.92 Å². The molecular formula is C14H23NO4. The Kier molecular flexibility index (Phi) is 4.45. The van der Waals surface area contributed by atoms with E-state index in [4.69, 9.17) is 0 Å². The molecule has 0 aliphatic heterocycles. The molecule has 108 valence electrons. The van der Waals surface area contributed by atoms with Crippen molar-refractivity contribution in [1.82, 2.24) is 5.32 Å². The van der Waals surface area contributed by atoms with Gasteiger partial charge in [-0.15, -0.1) is 0 Å². The van der Waals surface area contributed by atoms with E-state index in [0.29, 0.717) is 19.3 Å². The molecule has 2 aliphatic rings. The van der Waals surface area contributed by atoms with Crippen molar-refractivity contribution in [1.29, 1.82) is 0 Å². The highest BCUT2D eigenvalue weighted by atomic mass is 16.4. The molecule has 0 aromatic rings. The average molecular weight is 269 g/mol. The zero-order chi connectivity index (χ0) is 14.0. The largest absolute Gasteiger partial charge is 0.481 e. The van der Waals surface area contributed by atoms with Crippen LogP contribution in [0.15, 0.2) is 0 Å². The summed E-state index contributed by atoms with van der Waals surface area (Å²) in [5.41, 5.74) is 0.